The van der Waals surface area contributed by atoms with Crippen LogP contribution in [0.15, 0.2) is 12.3 Å². The molecule has 0 aliphatic rings. The summed E-state index contributed by atoms with van der Waals surface area (Å²) in [5.74, 6) is -0.974. The van der Waals surface area contributed by atoms with Crippen LogP contribution in [-0.4, -0.2) is 36.7 Å². The number of pyridine rings is 1. The van der Waals surface area contributed by atoms with Crippen molar-refractivity contribution in [3.05, 3.63) is 23.6 Å². The third kappa shape index (κ3) is 5.13. The summed E-state index contributed by atoms with van der Waals surface area (Å²) in [5, 5.41) is 5.47. The van der Waals surface area contributed by atoms with Gasteiger partial charge in [0.1, 0.15) is 0 Å². The number of rotatable bonds is 8. The molecule has 20 heavy (non-hydrogen) atoms. The minimum atomic E-state index is -0.622. The molecule has 0 radical (unpaired) electrons. The van der Waals surface area contributed by atoms with E-state index in [1.54, 1.807) is 0 Å². The molecule has 0 spiro atoms. The van der Waals surface area contributed by atoms with E-state index in [0.717, 1.165) is 6.42 Å². The average Bonchev–Trinajstić information content (AvgIpc) is 2.42. The fraction of sp³-hybridized carbons (Fsp3) is 0.571. The van der Waals surface area contributed by atoms with E-state index in [9.17, 15) is 9.18 Å². The largest absolute Gasteiger partial charge is 0.377 e. The van der Waals surface area contributed by atoms with Gasteiger partial charge < -0.3 is 15.4 Å². The van der Waals surface area contributed by atoms with E-state index < -0.39 is 11.7 Å². The van der Waals surface area contributed by atoms with Gasteiger partial charge in [0.15, 0.2) is 11.6 Å². The zero-order valence-corrected chi connectivity index (χ0v) is 12.2. The summed E-state index contributed by atoms with van der Waals surface area (Å²) in [6, 6.07) is 1.37. The second kappa shape index (κ2) is 8.47. The van der Waals surface area contributed by atoms with E-state index in [4.69, 9.17) is 4.74 Å². The summed E-state index contributed by atoms with van der Waals surface area (Å²) < 4.78 is 19.4. The predicted molar refractivity (Wildman–Crippen MR) is 76.4 cm³/mol. The normalized spacial score (nSPS) is 10.7. The smallest absolute Gasteiger partial charge is 0.254 e. The molecule has 5 nitrogen and oxygen atoms in total. The van der Waals surface area contributed by atoms with Crippen molar-refractivity contribution < 1.29 is 13.9 Å². The number of hydrogen-bond acceptors (Lipinski definition) is 4. The molecule has 1 amide bonds. The van der Waals surface area contributed by atoms with E-state index in [-0.39, 0.29) is 17.5 Å². The molecular formula is C14H22FN3O2. The van der Waals surface area contributed by atoms with Crippen LogP contribution in [0.4, 0.5) is 10.2 Å². The number of amides is 1. The molecule has 0 unspecified atom stereocenters. The highest BCUT2D eigenvalue weighted by Gasteiger charge is 2.15. The van der Waals surface area contributed by atoms with Gasteiger partial charge in [-0.1, -0.05) is 6.92 Å². The van der Waals surface area contributed by atoms with Gasteiger partial charge in [-0.3, -0.25) is 4.79 Å². The Morgan fingerprint density at radius 1 is 1.45 bits per heavy atom. The van der Waals surface area contributed by atoms with Gasteiger partial charge in [0.05, 0.1) is 18.3 Å². The van der Waals surface area contributed by atoms with Crippen molar-refractivity contribution in [2.24, 2.45) is 0 Å². The molecular weight excluding hydrogens is 261 g/mol. The molecule has 0 aromatic carbocycles. The van der Waals surface area contributed by atoms with Crippen LogP contribution < -0.4 is 10.6 Å². The first-order valence-electron chi connectivity index (χ1n) is 6.84. The predicted octanol–water partition coefficient (Wildman–Crippen LogP) is 2.20. The molecule has 1 heterocycles. The number of halogens is 1. The van der Waals surface area contributed by atoms with Gasteiger partial charge in [0, 0.05) is 19.3 Å². The number of nitrogens with one attached hydrogen (secondary N) is 2. The minimum absolute atomic E-state index is 0.0110. The second-order valence-corrected chi connectivity index (χ2v) is 4.62. The Labute approximate surface area is 118 Å². The second-order valence-electron chi connectivity index (χ2n) is 4.62. The van der Waals surface area contributed by atoms with Crippen LogP contribution in [0, 0.1) is 5.82 Å². The van der Waals surface area contributed by atoms with Crippen LogP contribution in [0.3, 0.4) is 0 Å². The third-order valence-electron chi connectivity index (χ3n) is 2.52. The number of hydrogen-bond donors (Lipinski definition) is 2. The molecule has 0 aliphatic carbocycles. The molecule has 1 aromatic heterocycles. The van der Waals surface area contributed by atoms with Crippen molar-refractivity contribution in [3.63, 3.8) is 0 Å². The Morgan fingerprint density at radius 2 is 2.20 bits per heavy atom. The first-order chi connectivity index (χ1) is 9.56. The van der Waals surface area contributed by atoms with Crippen molar-refractivity contribution in [2.75, 3.05) is 25.0 Å². The van der Waals surface area contributed by atoms with Gasteiger partial charge in [-0.2, -0.15) is 0 Å². The van der Waals surface area contributed by atoms with Gasteiger partial charge in [0.2, 0.25) is 0 Å². The summed E-state index contributed by atoms with van der Waals surface area (Å²) in [6.07, 6.45) is 2.37. The molecule has 0 fully saturated rings. The first kappa shape index (κ1) is 16.4. The van der Waals surface area contributed by atoms with Crippen LogP contribution >= 0.6 is 0 Å². The van der Waals surface area contributed by atoms with E-state index in [1.165, 1.54) is 12.3 Å². The number of anilines is 1. The number of carbonyl (C=O) groups is 1. The number of aromatic nitrogens is 1. The molecule has 0 aliphatic heterocycles. The van der Waals surface area contributed by atoms with Crippen LogP contribution in [0.2, 0.25) is 0 Å². The van der Waals surface area contributed by atoms with Crippen molar-refractivity contribution >= 4 is 11.7 Å². The molecule has 0 atom stereocenters. The molecule has 2 N–H and O–H groups in total. The monoisotopic (exact) mass is 283 g/mol. The lowest BCUT2D eigenvalue weighted by molar-refractivity contribution is 0.0745. The highest BCUT2D eigenvalue weighted by molar-refractivity contribution is 5.95. The standard InChI is InChI=1S/C14H22FN3O2/c1-4-6-16-13-12(15)11(5-7-17-13)14(19)18-8-9-20-10(2)3/h5,7,10H,4,6,8-9H2,1-3H3,(H,16,17)(H,18,19). The van der Waals surface area contributed by atoms with Crippen LogP contribution in [-0.2, 0) is 4.74 Å². The quantitative estimate of drug-likeness (QED) is 0.718. The molecule has 0 bridgehead atoms. The summed E-state index contributed by atoms with van der Waals surface area (Å²) in [7, 11) is 0. The Hall–Kier alpha value is -1.69. The molecule has 6 heteroatoms. The molecule has 1 rings (SSSR count). The highest BCUT2D eigenvalue weighted by Crippen LogP contribution is 2.14. The fourth-order valence-corrected chi connectivity index (χ4v) is 1.54. The Morgan fingerprint density at radius 3 is 2.85 bits per heavy atom. The summed E-state index contributed by atoms with van der Waals surface area (Å²) >= 11 is 0. The minimum Gasteiger partial charge on any atom is -0.377 e. The van der Waals surface area contributed by atoms with Gasteiger partial charge in [-0.25, -0.2) is 9.37 Å². The maximum atomic E-state index is 14.1. The average molecular weight is 283 g/mol. The van der Waals surface area contributed by atoms with E-state index >= 15 is 0 Å². The zero-order valence-electron chi connectivity index (χ0n) is 12.2. The lowest BCUT2D eigenvalue weighted by atomic mass is 10.2. The Bertz CT molecular complexity index is 438. The third-order valence-corrected chi connectivity index (χ3v) is 2.52. The Kier molecular flexibility index (Phi) is 6.93. The highest BCUT2D eigenvalue weighted by atomic mass is 19.1. The van der Waals surface area contributed by atoms with Gasteiger partial charge >= 0.3 is 0 Å². The Balaban J connectivity index is 2.59. The van der Waals surface area contributed by atoms with Gasteiger partial charge in [0.25, 0.3) is 5.91 Å². The van der Waals surface area contributed by atoms with Crippen LogP contribution in [0.1, 0.15) is 37.6 Å². The maximum Gasteiger partial charge on any atom is 0.254 e. The lowest BCUT2D eigenvalue weighted by Crippen LogP contribution is -2.29. The molecule has 112 valence electrons. The van der Waals surface area contributed by atoms with Gasteiger partial charge in [-0.05, 0) is 26.3 Å². The maximum absolute atomic E-state index is 14.1. The number of carbonyl (C=O) groups excluding carboxylic acids is 1. The lowest BCUT2D eigenvalue weighted by Gasteiger charge is -2.10. The summed E-state index contributed by atoms with van der Waals surface area (Å²) in [6.45, 7) is 7.15. The number of ether oxygens (including phenoxy) is 1. The van der Waals surface area contributed by atoms with Crippen LogP contribution in [0.25, 0.3) is 0 Å². The summed E-state index contributed by atoms with van der Waals surface area (Å²) in [5.41, 5.74) is -0.0110. The number of nitrogens with zero attached hydrogens (tertiary/aromatic N) is 1. The van der Waals surface area contributed by atoms with E-state index in [1.807, 2.05) is 20.8 Å². The first-order valence-corrected chi connectivity index (χ1v) is 6.84. The molecule has 1 aromatic rings. The topological polar surface area (TPSA) is 63.2 Å². The summed E-state index contributed by atoms with van der Waals surface area (Å²) in [4.78, 5) is 15.8. The van der Waals surface area contributed by atoms with E-state index in [2.05, 4.69) is 15.6 Å². The van der Waals surface area contributed by atoms with Crippen LogP contribution in [0.5, 0.6) is 0 Å². The van der Waals surface area contributed by atoms with Crippen molar-refractivity contribution in [1.29, 1.82) is 0 Å². The van der Waals surface area contributed by atoms with Crippen molar-refractivity contribution in [2.45, 2.75) is 33.3 Å². The SMILES string of the molecule is CCCNc1nccc(C(=O)NCCOC(C)C)c1F. The van der Waals surface area contributed by atoms with Crippen molar-refractivity contribution in [3.8, 4) is 0 Å². The van der Waals surface area contributed by atoms with Gasteiger partial charge in [-0.15, -0.1) is 0 Å². The molecule has 0 saturated heterocycles. The van der Waals surface area contributed by atoms with E-state index in [0.29, 0.717) is 19.7 Å². The fourth-order valence-electron chi connectivity index (χ4n) is 1.54. The zero-order chi connectivity index (χ0) is 15.0. The van der Waals surface area contributed by atoms with Crippen molar-refractivity contribution in [1.82, 2.24) is 10.3 Å². The molecule has 0 saturated carbocycles.